The molecule has 1 amide bonds. The lowest BCUT2D eigenvalue weighted by atomic mass is 9.82. The summed E-state index contributed by atoms with van der Waals surface area (Å²) < 4.78 is 0. The van der Waals surface area contributed by atoms with Gasteiger partial charge in [0.1, 0.15) is 0 Å². The lowest BCUT2D eigenvalue weighted by molar-refractivity contribution is -0.130. The number of piperidine rings is 1. The summed E-state index contributed by atoms with van der Waals surface area (Å²) in [5.41, 5.74) is 4.04. The molecule has 2 saturated heterocycles. The fraction of sp³-hybridized carbons (Fsp3) is 0.552. The van der Waals surface area contributed by atoms with Crippen molar-refractivity contribution in [2.75, 3.05) is 32.7 Å². The van der Waals surface area contributed by atoms with Crippen LogP contribution in [0, 0.1) is 11.3 Å². The number of hydrogen-bond acceptors (Lipinski definition) is 4. The smallest absolute Gasteiger partial charge is 0.219 e. The molecular weight excluding hydrogens is 474 g/mol. The number of likely N-dealkylation sites (tertiary alicyclic amines) is 1. The van der Waals surface area contributed by atoms with Gasteiger partial charge in [-0.05, 0) is 70.7 Å². The largest absolute Gasteiger partial charge is 0.369 e. The van der Waals surface area contributed by atoms with Crippen LogP contribution in [0.4, 0.5) is 0 Å². The SMILES string of the molecule is C=C(CC1CCN(C(C)=O)CC1)N1CCN(C(c2ccc(Cl)cc2)c2ccsc2)C[C@@H]1C(C)(C)C. The van der Waals surface area contributed by atoms with Crippen molar-refractivity contribution in [3.63, 3.8) is 0 Å². The van der Waals surface area contributed by atoms with Crippen molar-refractivity contribution in [3.8, 4) is 0 Å². The number of piperazine rings is 1. The monoisotopic (exact) mass is 513 g/mol. The summed E-state index contributed by atoms with van der Waals surface area (Å²) in [6.07, 6.45) is 3.19. The first-order valence-corrected chi connectivity index (χ1v) is 14.2. The van der Waals surface area contributed by atoms with Crippen LogP contribution in [-0.4, -0.2) is 59.4 Å². The number of hydrogen-bond donors (Lipinski definition) is 0. The summed E-state index contributed by atoms with van der Waals surface area (Å²) in [6, 6.07) is 11.2. The van der Waals surface area contributed by atoms with E-state index in [2.05, 4.69) is 66.1 Å². The van der Waals surface area contributed by atoms with Crippen LogP contribution < -0.4 is 0 Å². The number of halogens is 1. The molecule has 6 heteroatoms. The van der Waals surface area contributed by atoms with Gasteiger partial charge in [-0.1, -0.05) is 51.1 Å². The average molecular weight is 514 g/mol. The van der Waals surface area contributed by atoms with Crippen molar-refractivity contribution >= 4 is 28.8 Å². The van der Waals surface area contributed by atoms with Crippen LogP contribution in [0.15, 0.2) is 53.4 Å². The van der Waals surface area contributed by atoms with Gasteiger partial charge in [0.05, 0.1) is 6.04 Å². The van der Waals surface area contributed by atoms with E-state index >= 15 is 0 Å². The van der Waals surface area contributed by atoms with Crippen LogP contribution in [0.25, 0.3) is 0 Å². The van der Waals surface area contributed by atoms with Gasteiger partial charge in [-0.25, -0.2) is 0 Å². The first-order valence-electron chi connectivity index (χ1n) is 12.8. The third-order valence-electron chi connectivity index (χ3n) is 7.81. The number of carbonyl (C=O) groups excluding carboxylic acids is 1. The first-order chi connectivity index (χ1) is 16.6. The second-order valence-electron chi connectivity index (χ2n) is 11.3. The maximum Gasteiger partial charge on any atom is 0.219 e. The van der Waals surface area contributed by atoms with E-state index < -0.39 is 0 Å². The van der Waals surface area contributed by atoms with E-state index in [-0.39, 0.29) is 17.4 Å². The van der Waals surface area contributed by atoms with Gasteiger partial charge < -0.3 is 9.80 Å². The second-order valence-corrected chi connectivity index (χ2v) is 12.5. The van der Waals surface area contributed by atoms with Crippen LogP contribution in [0.2, 0.25) is 5.02 Å². The summed E-state index contributed by atoms with van der Waals surface area (Å²) in [6.45, 7) is 18.1. The fourth-order valence-electron chi connectivity index (χ4n) is 5.75. The number of thiophene rings is 1. The minimum atomic E-state index is 0.124. The van der Waals surface area contributed by atoms with E-state index in [9.17, 15) is 4.79 Å². The molecule has 4 rings (SSSR count). The molecule has 2 aromatic rings. The summed E-state index contributed by atoms with van der Waals surface area (Å²) >= 11 is 7.98. The van der Waals surface area contributed by atoms with Gasteiger partial charge in [-0.15, -0.1) is 0 Å². The zero-order chi connectivity index (χ0) is 25.2. The van der Waals surface area contributed by atoms with Crippen molar-refractivity contribution in [1.82, 2.24) is 14.7 Å². The average Bonchev–Trinajstić information content (AvgIpc) is 3.34. The third kappa shape index (κ3) is 6.31. The molecule has 1 aromatic heterocycles. The molecule has 35 heavy (non-hydrogen) atoms. The molecule has 0 bridgehead atoms. The maximum absolute atomic E-state index is 11.7. The Bertz CT molecular complexity index is 990. The highest BCUT2D eigenvalue weighted by Crippen LogP contribution is 2.38. The minimum Gasteiger partial charge on any atom is -0.369 e. The zero-order valence-electron chi connectivity index (χ0n) is 21.7. The quantitative estimate of drug-likeness (QED) is 0.430. The molecule has 2 aliphatic heterocycles. The van der Waals surface area contributed by atoms with Gasteiger partial charge in [-0.3, -0.25) is 9.69 Å². The fourth-order valence-corrected chi connectivity index (χ4v) is 6.56. The molecule has 2 atom stereocenters. The highest BCUT2D eigenvalue weighted by molar-refractivity contribution is 7.08. The highest BCUT2D eigenvalue weighted by atomic mass is 35.5. The van der Waals surface area contributed by atoms with Crippen LogP contribution in [-0.2, 0) is 4.79 Å². The molecule has 0 saturated carbocycles. The molecule has 3 heterocycles. The normalized spacial score (nSPS) is 21.2. The summed E-state index contributed by atoms with van der Waals surface area (Å²) in [5.74, 6) is 0.816. The van der Waals surface area contributed by atoms with E-state index in [1.165, 1.54) is 16.8 Å². The van der Waals surface area contributed by atoms with Crippen LogP contribution in [0.1, 0.15) is 64.1 Å². The molecule has 2 aliphatic rings. The number of benzene rings is 1. The van der Waals surface area contributed by atoms with Gasteiger partial charge in [0.25, 0.3) is 0 Å². The van der Waals surface area contributed by atoms with Gasteiger partial charge in [0.15, 0.2) is 0 Å². The highest BCUT2D eigenvalue weighted by Gasteiger charge is 2.39. The lowest BCUT2D eigenvalue weighted by Crippen LogP contribution is -2.58. The topological polar surface area (TPSA) is 26.8 Å². The van der Waals surface area contributed by atoms with Crippen molar-refractivity contribution in [3.05, 3.63) is 69.5 Å². The second kappa shape index (κ2) is 11.1. The molecule has 2 fully saturated rings. The number of allylic oxidation sites excluding steroid dienone is 1. The number of amides is 1. The summed E-state index contributed by atoms with van der Waals surface area (Å²) in [7, 11) is 0. The molecule has 190 valence electrons. The standard InChI is InChI=1S/C29H40ClN3OS/c1-21(18-23-10-13-31(14-11-23)22(2)34)33-16-15-32(19-27(33)29(3,4)5)28(25-12-17-35-20-25)24-6-8-26(30)9-7-24/h6-9,12,17,20,23,27-28H,1,10-11,13-16,18-19H2,2-5H3/t27-,28?/m1/s1. The van der Waals surface area contributed by atoms with Crippen LogP contribution in [0.5, 0.6) is 0 Å². The third-order valence-corrected chi connectivity index (χ3v) is 8.77. The Morgan fingerprint density at radius 1 is 1.09 bits per heavy atom. The van der Waals surface area contributed by atoms with Crippen molar-refractivity contribution in [2.24, 2.45) is 11.3 Å². The Kier molecular flexibility index (Phi) is 8.30. The molecule has 4 nitrogen and oxygen atoms in total. The Hall–Kier alpha value is -1.82. The number of rotatable bonds is 6. The summed E-state index contributed by atoms with van der Waals surface area (Å²) in [5, 5.41) is 5.24. The summed E-state index contributed by atoms with van der Waals surface area (Å²) in [4.78, 5) is 18.9. The van der Waals surface area contributed by atoms with Crippen molar-refractivity contribution < 1.29 is 4.79 Å². The minimum absolute atomic E-state index is 0.124. The number of nitrogens with zero attached hydrogens (tertiary/aromatic N) is 3. The van der Waals surface area contributed by atoms with E-state index in [1.54, 1.807) is 18.3 Å². The van der Waals surface area contributed by atoms with Crippen molar-refractivity contribution in [2.45, 2.75) is 59.0 Å². The van der Waals surface area contributed by atoms with Gasteiger partial charge in [-0.2, -0.15) is 11.3 Å². The first kappa shape index (κ1) is 26.2. The molecular formula is C29H40ClN3OS. The number of carbonyl (C=O) groups is 1. The Morgan fingerprint density at radius 3 is 2.34 bits per heavy atom. The van der Waals surface area contributed by atoms with Crippen molar-refractivity contribution in [1.29, 1.82) is 0 Å². The molecule has 0 radical (unpaired) electrons. The maximum atomic E-state index is 11.7. The van der Waals surface area contributed by atoms with Gasteiger partial charge in [0.2, 0.25) is 5.91 Å². The zero-order valence-corrected chi connectivity index (χ0v) is 23.2. The van der Waals surface area contributed by atoms with E-state index in [4.69, 9.17) is 11.6 Å². The van der Waals surface area contributed by atoms with Crippen LogP contribution in [0.3, 0.4) is 0 Å². The molecule has 0 spiro atoms. The van der Waals surface area contributed by atoms with E-state index in [1.807, 2.05) is 17.0 Å². The van der Waals surface area contributed by atoms with Gasteiger partial charge in [0, 0.05) is 56.4 Å². The molecule has 1 unspecified atom stereocenters. The molecule has 1 aromatic carbocycles. The van der Waals surface area contributed by atoms with Gasteiger partial charge >= 0.3 is 0 Å². The molecule has 0 aliphatic carbocycles. The lowest BCUT2D eigenvalue weighted by Gasteiger charge is -2.51. The van der Waals surface area contributed by atoms with Crippen LogP contribution >= 0.6 is 22.9 Å². The Balaban J connectivity index is 1.50. The molecule has 0 N–H and O–H groups in total. The Morgan fingerprint density at radius 2 is 1.77 bits per heavy atom. The van der Waals surface area contributed by atoms with E-state index in [0.29, 0.717) is 12.0 Å². The predicted octanol–water partition coefficient (Wildman–Crippen LogP) is 6.69. The van der Waals surface area contributed by atoms with E-state index in [0.717, 1.165) is 57.0 Å². The Labute approximate surface area is 220 Å². The predicted molar refractivity (Wildman–Crippen MR) is 148 cm³/mol.